The number of hydrogen-bond donors (Lipinski definition) is 1. The number of hydrogen-bond acceptors (Lipinski definition) is 4. The van der Waals surface area contributed by atoms with Crippen LogP contribution < -0.4 is 4.72 Å². The van der Waals surface area contributed by atoms with Gasteiger partial charge < -0.3 is 0 Å². The normalized spacial score (nSPS) is 11.4. The molecule has 0 radical (unpaired) electrons. The van der Waals surface area contributed by atoms with Crippen molar-refractivity contribution in [3.8, 4) is 0 Å². The number of benzene rings is 1. The van der Waals surface area contributed by atoms with Crippen LogP contribution in [0.5, 0.6) is 0 Å². The SMILES string of the molecule is O=S(=O)(Nc1cc(Cl)ncn1)c1c(F)cc(F)cc1Br. The summed E-state index contributed by atoms with van der Waals surface area (Å²) in [7, 11) is -4.30. The van der Waals surface area contributed by atoms with E-state index in [0.717, 1.165) is 18.5 Å². The Balaban J connectivity index is 2.46. The first-order valence-corrected chi connectivity index (χ1v) is 7.60. The highest BCUT2D eigenvalue weighted by Gasteiger charge is 2.24. The molecule has 2 aromatic rings. The van der Waals surface area contributed by atoms with Crippen LogP contribution in [0.15, 0.2) is 33.9 Å². The third-order valence-electron chi connectivity index (χ3n) is 2.10. The van der Waals surface area contributed by atoms with Gasteiger partial charge in [-0.2, -0.15) is 0 Å². The third-order valence-corrected chi connectivity index (χ3v) is 4.63. The molecule has 0 saturated carbocycles. The highest BCUT2D eigenvalue weighted by molar-refractivity contribution is 9.10. The van der Waals surface area contributed by atoms with Gasteiger partial charge in [-0.1, -0.05) is 11.6 Å². The quantitative estimate of drug-likeness (QED) is 0.826. The monoisotopic (exact) mass is 383 g/mol. The van der Waals surface area contributed by atoms with Gasteiger partial charge in [-0.15, -0.1) is 0 Å². The van der Waals surface area contributed by atoms with Crippen LogP contribution >= 0.6 is 27.5 Å². The number of sulfonamides is 1. The zero-order valence-electron chi connectivity index (χ0n) is 9.44. The van der Waals surface area contributed by atoms with E-state index in [9.17, 15) is 17.2 Å². The summed E-state index contributed by atoms with van der Waals surface area (Å²) in [5.41, 5.74) is 0. The Hall–Kier alpha value is -1.32. The fourth-order valence-electron chi connectivity index (χ4n) is 1.36. The van der Waals surface area contributed by atoms with Crippen molar-refractivity contribution >= 4 is 43.4 Å². The molecule has 0 spiro atoms. The maximum Gasteiger partial charge on any atom is 0.267 e. The summed E-state index contributed by atoms with van der Waals surface area (Å²) >= 11 is 8.39. The molecular weight excluding hydrogens is 380 g/mol. The Kier molecular flexibility index (Phi) is 4.21. The number of anilines is 1. The summed E-state index contributed by atoms with van der Waals surface area (Å²) in [6, 6.07) is 2.45. The fraction of sp³-hybridized carbons (Fsp3) is 0. The second-order valence-corrected chi connectivity index (χ2v) is 6.39. The molecule has 1 aromatic carbocycles. The van der Waals surface area contributed by atoms with Gasteiger partial charge in [0.1, 0.15) is 33.8 Å². The zero-order valence-corrected chi connectivity index (χ0v) is 12.6. The van der Waals surface area contributed by atoms with Crippen molar-refractivity contribution in [2.75, 3.05) is 4.72 Å². The van der Waals surface area contributed by atoms with Gasteiger partial charge in [0.25, 0.3) is 10.0 Å². The van der Waals surface area contributed by atoms with Crippen LogP contribution in [0, 0.1) is 11.6 Å². The molecule has 0 aliphatic heterocycles. The van der Waals surface area contributed by atoms with Crippen molar-refractivity contribution < 1.29 is 17.2 Å². The summed E-state index contributed by atoms with van der Waals surface area (Å²) in [6.45, 7) is 0. The van der Waals surface area contributed by atoms with E-state index >= 15 is 0 Å². The first kappa shape index (κ1) is 15.1. The first-order valence-electron chi connectivity index (χ1n) is 4.94. The molecule has 106 valence electrons. The van der Waals surface area contributed by atoms with Crippen LogP contribution in [0.3, 0.4) is 0 Å². The smallest absolute Gasteiger partial charge is 0.263 e. The largest absolute Gasteiger partial charge is 0.267 e. The van der Waals surface area contributed by atoms with E-state index in [1.54, 1.807) is 0 Å². The molecule has 1 heterocycles. The molecule has 10 heteroatoms. The van der Waals surface area contributed by atoms with E-state index in [1.807, 2.05) is 4.72 Å². The van der Waals surface area contributed by atoms with Gasteiger partial charge in [0, 0.05) is 16.6 Å². The lowest BCUT2D eigenvalue weighted by atomic mass is 10.3. The van der Waals surface area contributed by atoms with Gasteiger partial charge in [-0.05, 0) is 22.0 Å². The van der Waals surface area contributed by atoms with Gasteiger partial charge >= 0.3 is 0 Å². The average Bonchev–Trinajstić information content (AvgIpc) is 2.25. The van der Waals surface area contributed by atoms with Crippen molar-refractivity contribution in [1.82, 2.24) is 9.97 Å². The van der Waals surface area contributed by atoms with E-state index in [0.29, 0.717) is 6.07 Å². The number of halogens is 4. The molecule has 0 aliphatic carbocycles. The van der Waals surface area contributed by atoms with Crippen LogP contribution in [-0.2, 0) is 10.0 Å². The molecule has 1 aromatic heterocycles. The lowest BCUT2D eigenvalue weighted by Gasteiger charge is -2.10. The fourth-order valence-corrected chi connectivity index (χ4v) is 3.68. The topological polar surface area (TPSA) is 72.0 Å². The second-order valence-electron chi connectivity index (χ2n) is 3.53. The predicted octanol–water partition coefficient (Wildman–Crippen LogP) is 2.97. The van der Waals surface area contributed by atoms with Crippen LogP contribution in [0.4, 0.5) is 14.6 Å². The molecular formula is C10H5BrClF2N3O2S. The van der Waals surface area contributed by atoms with Crippen LogP contribution in [0.25, 0.3) is 0 Å². The van der Waals surface area contributed by atoms with Gasteiger partial charge in [-0.3, -0.25) is 4.72 Å². The van der Waals surface area contributed by atoms with Crippen molar-refractivity contribution in [3.05, 3.63) is 45.8 Å². The standard InChI is InChI=1S/C10H5BrClF2N3O2S/c11-6-1-5(13)2-7(14)10(6)20(18,19)17-9-3-8(12)15-4-16-9/h1-4H,(H,15,16,17). The molecule has 0 unspecified atom stereocenters. The molecule has 2 rings (SSSR count). The van der Waals surface area contributed by atoms with E-state index < -0.39 is 26.6 Å². The minimum atomic E-state index is -4.30. The molecule has 0 atom stereocenters. The lowest BCUT2D eigenvalue weighted by Crippen LogP contribution is -2.16. The van der Waals surface area contributed by atoms with Gasteiger partial charge in [0.2, 0.25) is 0 Å². The Bertz CT molecular complexity index is 750. The van der Waals surface area contributed by atoms with Crippen LogP contribution in [0.2, 0.25) is 5.15 Å². The van der Waals surface area contributed by atoms with E-state index in [4.69, 9.17) is 11.6 Å². The maximum atomic E-state index is 13.6. The van der Waals surface area contributed by atoms with Crippen LogP contribution in [0.1, 0.15) is 0 Å². The molecule has 20 heavy (non-hydrogen) atoms. The zero-order chi connectivity index (χ0) is 14.9. The van der Waals surface area contributed by atoms with E-state index in [2.05, 4.69) is 25.9 Å². The highest BCUT2D eigenvalue weighted by atomic mass is 79.9. The number of nitrogens with one attached hydrogen (secondary N) is 1. The molecule has 0 aliphatic rings. The minimum Gasteiger partial charge on any atom is -0.263 e. The lowest BCUT2D eigenvalue weighted by molar-refractivity contribution is 0.548. The molecule has 0 amide bonds. The third kappa shape index (κ3) is 3.22. The van der Waals surface area contributed by atoms with E-state index in [1.165, 1.54) is 0 Å². The maximum absolute atomic E-state index is 13.6. The Morgan fingerprint density at radius 2 is 1.90 bits per heavy atom. The van der Waals surface area contributed by atoms with Gasteiger partial charge in [0.05, 0.1) is 0 Å². The van der Waals surface area contributed by atoms with Crippen molar-refractivity contribution in [2.45, 2.75) is 4.90 Å². The summed E-state index contributed by atoms with van der Waals surface area (Å²) in [5.74, 6) is -2.27. The number of nitrogens with zero attached hydrogens (tertiary/aromatic N) is 2. The first-order chi connectivity index (χ1) is 9.29. The number of rotatable bonds is 3. The van der Waals surface area contributed by atoms with Crippen molar-refractivity contribution in [3.63, 3.8) is 0 Å². The van der Waals surface area contributed by atoms with Crippen molar-refractivity contribution in [2.24, 2.45) is 0 Å². The van der Waals surface area contributed by atoms with E-state index in [-0.39, 0.29) is 15.4 Å². The summed E-state index contributed by atoms with van der Waals surface area (Å²) < 4.78 is 52.5. The molecule has 1 N–H and O–H groups in total. The Morgan fingerprint density at radius 1 is 1.20 bits per heavy atom. The summed E-state index contributed by atoms with van der Waals surface area (Å²) in [6.07, 6.45) is 1.04. The average molecular weight is 385 g/mol. The summed E-state index contributed by atoms with van der Waals surface area (Å²) in [4.78, 5) is 6.48. The van der Waals surface area contributed by atoms with Gasteiger partial charge in [0.15, 0.2) is 0 Å². The predicted molar refractivity (Wildman–Crippen MR) is 71.9 cm³/mol. The summed E-state index contributed by atoms with van der Waals surface area (Å²) in [5, 5.41) is 0.0105. The molecule has 5 nitrogen and oxygen atoms in total. The minimum absolute atomic E-state index is 0.0105. The van der Waals surface area contributed by atoms with Gasteiger partial charge in [-0.25, -0.2) is 27.2 Å². The van der Waals surface area contributed by atoms with Crippen LogP contribution in [-0.4, -0.2) is 18.4 Å². The second kappa shape index (κ2) is 5.58. The Labute approximate surface area is 126 Å². The highest BCUT2D eigenvalue weighted by Crippen LogP contribution is 2.27. The van der Waals surface area contributed by atoms with Crippen molar-refractivity contribution in [1.29, 1.82) is 0 Å². The molecule has 0 saturated heterocycles. The number of aromatic nitrogens is 2. The Morgan fingerprint density at radius 3 is 2.50 bits per heavy atom. The molecule has 0 fully saturated rings. The molecule has 0 bridgehead atoms.